The molecule has 144 valence electrons. The Labute approximate surface area is 165 Å². The summed E-state index contributed by atoms with van der Waals surface area (Å²) in [5.41, 5.74) is -0.612. The summed E-state index contributed by atoms with van der Waals surface area (Å²) in [5.74, 6) is -0.342. The zero-order chi connectivity index (χ0) is 20.3. The third-order valence-corrected chi connectivity index (χ3v) is 4.85. The predicted octanol–water partition coefficient (Wildman–Crippen LogP) is 1.63. The monoisotopic (exact) mass is 401 g/mol. The van der Waals surface area contributed by atoms with E-state index in [0.29, 0.717) is 31.2 Å². The van der Waals surface area contributed by atoms with Crippen molar-refractivity contribution < 1.29 is 9.72 Å². The van der Waals surface area contributed by atoms with Gasteiger partial charge in [0.05, 0.1) is 21.8 Å². The number of anilines is 1. The first kappa shape index (κ1) is 19.4. The maximum Gasteiger partial charge on any atom is 0.287 e. The fourth-order valence-corrected chi connectivity index (χ4v) is 3.32. The largest absolute Gasteiger partial charge is 0.367 e. The number of nitrogens with zero attached hydrogens (tertiary/aromatic N) is 5. The van der Waals surface area contributed by atoms with Gasteiger partial charge >= 0.3 is 0 Å². The van der Waals surface area contributed by atoms with Crippen LogP contribution in [0.1, 0.15) is 5.56 Å². The van der Waals surface area contributed by atoms with E-state index in [2.05, 4.69) is 4.90 Å². The molecule has 1 aromatic heterocycles. The number of para-hydroxylation sites is 1. The number of pyridine rings is 1. The lowest BCUT2D eigenvalue weighted by Gasteiger charge is -2.36. The van der Waals surface area contributed by atoms with Gasteiger partial charge in [-0.25, -0.2) is 0 Å². The van der Waals surface area contributed by atoms with Gasteiger partial charge in [0.1, 0.15) is 18.2 Å². The maximum absolute atomic E-state index is 12.6. The lowest BCUT2D eigenvalue weighted by atomic mass is 10.2. The normalized spacial score (nSPS) is 13.9. The van der Waals surface area contributed by atoms with Gasteiger partial charge in [-0.2, -0.15) is 5.26 Å². The molecule has 1 saturated heterocycles. The van der Waals surface area contributed by atoms with Gasteiger partial charge in [0, 0.05) is 32.2 Å². The van der Waals surface area contributed by atoms with E-state index in [4.69, 9.17) is 16.9 Å². The Hall–Kier alpha value is -3.38. The Kier molecular flexibility index (Phi) is 5.61. The molecule has 9 nitrogen and oxygen atoms in total. The van der Waals surface area contributed by atoms with Gasteiger partial charge in [-0.05, 0) is 12.1 Å². The summed E-state index contributed by atoms with van der Waals surface area (Å²) in [6.07, 6.45) is 0.987. The highest BCUT2D eigenvalue weighted by Gasteiger charge is 2.24. The number of benzene rings is 1. The lowest BCUT2D eigenvalue weighted by molar-refractivity contribution is -0.385. The summed E-state index contributed by atoms with van der Waals surface area (Å²) in [5, 5.41) is 20.6. The summed E-state index contributed by atoms with van der Waals surface area (Å²) >= 11 is 6.21. The number of amides is 1. The molecule has 1 aromatic carbocycles. The molecule has 28 heavy (non-hydrogen) atoms. The molecular formula is C18H16ClN5O4. The topological polar surface area (TPSA) is 112 Å². The predicted molar refractivity (Wildman–Crippen MR) is 102 cm³/mol. The highest BCUT2D eigenvalue weighted by molar-refractivity contribution is 6.33. The Morgan fingerprint density at radius 3 is 2.54 bits per heavy atom. The van der Waals surface area contributed by atoms with Crippen LogP contribution in [0.25, 0.3) is 0 Å². The third-order valence-electron chi connectivity index (χ3n) is 4.53. The number of hydrogen-bond donors (Lipinski definition) is 0. The first-order valence-corrected chi connectivity index (χ1v) is 8.84. The van der Waals surface area contributed by atoms with E-state index >= 15 is 0 Å². The average molecular weight is 402 g/mol. The van der Waals surface area contributed by atoms with E-state index < -0.39 is 16.2 Å². The molecule has 0 aliphatic carbocycles. The molecule has 3 rings (SSSR count). The maximum atomic E-state index is 12.6. The van der Waals surface area contributed by atoms with Crippen molar-refractivity contribution in [2.75, 3.05) is 31.1 Å². The minimum atomic E-state index is -0.726. The van der Waals surface area contributed by atoms with E-state index in [1.54, 1.807) is 17.0 Å². The summed E-state index contributed by atoms with van der Waals surface area (Å²) in [4.78, 5) is 38.7. The Bertz CT molecular complexity index is 1020. The van der Waals surface area contributed by atoms with E-state index in [0.717, 1.165) is 22.5 Å². The van der Waals surface area contributed by atoms with Crippen molar-refractivity contribution in [3.63, 3.8) is 0 Å². The van der Waals surface area contributed by atoms with Crippen molar-refractivity contribution in [3.8, 4) is 6.07 Å². The van der Waals surface area contributed by atoms with Crippen LogP contribution in [-0.4, -0.2) is 46.5 Å². The molecule has 10 heteroatoms. The van der Waals surface area contributed by atoms with Crippen molar-refractivity contribution in [1.82, 2.24) is 9.47 Å². The molecule has 0 N–H and O–H groups in total. The van der Waals surface area contributed by atoms with Crippen LogP contribution in [0.4, 0.5) is 11.4 Å². The zero-order valence-corrected chi connectivity index (χ0v) is 15.5. The Morgan fingerprint density at radius 1 is 1.25 bits per heavy atom. The van der Waals surface area contributed by atoms with E-state index in [9.17, 15) is 19.7 Å². The quantitative estimate of drug-likeness (QED) is 0.568. The number of rotatable bonds is 4. The van der Waals surface area contributed by atoms with Gasteiger partial charge in [-0.15, -0.1) is 0 Å². The van der Waals surface area contributed by atoms with Gasteiger partial charge in [0.15, 0.2) is 0 Å². The fraction of sp³-hybridized carbons (Fsp3) is 0.278. The second kappa shape index (κ2) is 8.10. The SMILES string of the molecule is N#Cc1cc([N+](=O)[O-])cn(CC(=O)N2CCN(c3ccccc3Cl)CC2)c1=O. The Morgan fingerprint density at radius 2 is 1.93 bits per heavy atom. The van der Waals surface area contributed by atoms with Crippen LogP contribution in [-0.2, 0) is 11.3 Å². The van der Waals surface area contributed by atoms with Crippen LogP contribution in [0.5, 0.6) is 0 Å². The van der Waals surface area contributed by atoms with Crippen molar-refractivity contribution in [2.45, 2.75) is 6.54 Å². The molecule has 1 fully saturated rings. The molecule has 1 aliphatic heterocycles. The molecule has 0 radical (unpaired) electrons. The lowest BCUT2D eigenvalue weighted by Crippen LogP contribution is -2.50. The molecule has 2 heterocycles. The van der Waals surface area contributed by atoms with Crippen LogP contribution >= 0.6 is 11.6 Å². The average Bonchev–Trinajstić information content (AvgIpc) is 2.69. The molecule has 0 saturated carbocycles. The molecule has 1 aliphatic rings. The fourth-order valence-electron chi connectivity index (χ4n) is 3.07. The molecule has 0 spiro atoms. The number of carbonyl (C=O) groups is 1. The van der Waals surface area contributed by atoms with Crippen LogP contribution < -0.4 is 10.5 Å². The molecule has 1 amide bonds. The Balaban J connectivity index is 1.71. The van der Waals surface area contributed by atoms with Crippen LogP contribution in [0.3, 0.4) is 0 Å². The molecule has 2 aromatic rings. The summed E-state index contributed by atoms with van der Waals surface area (Å²) in [7, 11) is 0. The van der Waals surface area contributed by atoms with Gasteiger partial charge < -0.3 is 9.80 Å². The minimum Gasteiger partial charge on any atom is -0.367 e. The standard InChI is InChI=1S/C18H16ClN5O4/c19-15-3-1-2-4-16(15)21-5-7-22(8-6-21)17(25)12-23-11-14(24(27)28)9-13(10-20)18(23)26/h1-4,9,11H,5-8,12H2. The first-order chi connectivity index (χ1) is 13.4. The summed E-state index contributed by atoms with van der Waals surface area (Å²) < 4.78 is 0.916. The van der Waals surface area contributed by atoms with Crippen LogP contribution in [0, 0.1) is 21.4 Å². The number of carbonyl (C=O) groups excluding carboxylic acids is 1. The van der Waals surface area contributed by atoms with Crippen molar-refractivity contribution in [1.29, 1.82) is 5.26 Å². The molecule has 0 unspecified atom stereocenters. The van der Waals surface area contributed by atoms with E-state index in [1.807, 2.05) is 18.2 Å². The number of aromatic nitrogens is 1. The number of nitriles is 1. The second-order valence-corrected chi connectivity index (χ2v) is 6.64. The van der Waals surface area contributed by atoms with Crippen molar-refractivity contribution >= 4 is 28.9 Å². The van der Waals surface area contributed by atoms with Crippen molar-refractivity contribution in [3.05, 3.63) is 67.6 Å². The van der Waals surface area contributed by atoms with Crippen LogP contribution in [0.15, 0.2) is 41.3 Å². The third kappa shape index (κ3) is 3.97. The van der Waals surface area contributed by atoms with Gasteiger partial charge in [-0.1, -0.05) is 23.7 Å². The first-order valence-electron chi connectivity index (χ1n) is 8.47. The number of nitro groups is 1. The second-order valence-electron chi connectivity index (χ2n) is 6.23. The number of halogens is 1. The van der Waals surface area contributed by atoms with Crippen LogP contribution in [0.2, 0.25) is 5.02 Å². The smallest absolute Gasteiger partial charge is 0.287 e. The van der Waals surface area contributed by atoms with E-state index in [1.165, 1.54) is 0 Å². The molecular weight excluding hydrogens is 386 g/mol. The molecule has 0 bridgehead atoms. The molecule has 0 atom stereocenters. The highest BCUT2D eigenvalue weighted by Crippen LogP contribution is 2.26. The summed E-state index contributed by atoms with van der Waals surface area (Å²) in [6, 6.07) is 9.98. The highest BCUT2D eigenvalue weighted by atomic mass is 35.5. The summed E-state index contributed by atoms with van der Waals surface area (Å²) in [6.45, 7) is 1.64. The minimum absolute atomic E-state index is 0.342. The van der Waals surface area contributed by atoms with Gasteiger partial charge in [-0.3, -0.25) is 24.3 Å². The zero-order valence-electron chi connectivity index (χ0n) is 14.7. The van der Waals surface area contributed by atoms with Gasteiger partial charge in [0.2, 0.25) is 5.91 Å². The van der Waals surface area contributed by atoms with Gasteiger partial charge in [0.25, 0.3) is 11.2 Å². The van der Waals surface area contributed by atoms with Crippen molar-refractivity contribution in [2.24, 2.45) is 0 Å². The number of piperazine rings is 1. The number of hydrogen-bond acceptors (Lipinski definition) is 6. The van der Waals surface area contributed by atoms with E-state index in [-0.39, 0.29) is 18.0 Å².